The van der Waals surface area contributed by atoms with Gasteiger partial charge in [-0.3, -0.25) is 9.59 Å². The summed E-state index contributed by atoms with van der Waals surface area (Å²) >= 11 is 0. The molecule has 0 saturated carbocycles. The van der Waals surface area contributed by atoms with Crippen LogP contribution < -0.4 is 10.5 Å². The highest BCUT2D eigenvalue weighted by Gasteiger charge is 2.27. The van der Waals surface area contributed by atoms with E-state index in [0.717, 1.165) is 18.5 Å². The van der Waals surface area contributed by atoms with Crippen LogP contribution in [0.15, 0.2) is 47.3 Å². The van der Waals surface area contributed by atoms with Crippen LogP contribution in [0.25, 0.3) is 10.8 Å². The van der Waals surface area contributed by atoms with Gasteiger partial charge in [0.25, 0.3) is 11.5 Å². The molecule has 1 aromatic heterocycles. The van der Waals surface area contributed by atoms with E-state index in [9.17, 15) is 9.59 Å². The second-order valence-corrected chi connectivity index (χ2v) is 7.43. The quantitative estimate of drug-likeness (QED) is 0.700. The van der Waals surface area contributed by atoms with Crippen LogP contribution in [0, 0.1) is 0 Å². The lowest BCUT2D eigenvalue weighted by Gasteiger charge is -2.30. The molecule has 0 bridgehead atoms. The molecule has 1 aliphatic rings. The minimum Gasteiger partial charge on any atom is -0.307 e. The minimum absolute atomic E-state index is 0.153. The number of anilines is 1. The number of aryl methyl sites for hydroxylation is 2. The van der Waals surface area contributed by atoms with Crippen LogP contribution in [0.3, 0.4) is 0 Å². The van der Waals surface area contributed by atoms with E-state index in [2.05, 4.69) is 31.1 Å². The third-order valence-corrected chi connectivity index (χ3v) is 5.29. The highest BCUT2D eigenvalue weighted by Crippen LogP contribution is 2.31. The molecule has 1 amide bonds. The summed E-state index contributed by atoms with van der Waals surface area (Å²) in [5, 5.41) is 5.43. The number of fused-ring (bicyclic) bond motifs is 2. The Labute approximate surface area is 158 Å². The molecule has 0 N–H and O–H groups in total. The number of carbonyl (C=O) groups excluding carboxylic acids is 1. The van der Waals surface area contributed by atoms with Gasteiger partial charge in [0.1, 0.15) is 0 Å². The van der Waals surface area contributed by atoms with Crippen LogP contribution in [0.4, 0.5) is 5.69 Å². The number of hydrogen-bond donors (Lipinski definition) is 0. The maximum atomic E-state index is 13.4. The predicted molar refractivity (Wildman–Crippen MR) is 108 cm³/mol. The maximum Gasteiger partial charge on any atom is 0.279 e. The molecule has 27 heavy (non-hydrogen) atoms. The minimum atomic E-state index is -0.192. The van der Waals surface area contributed by atoms with E-state index in [4.69, 9.17) is 0 Å². The van der Waals surface area contributed by atoms with Gasteiger partial charge in [0.2, 0.25) is 0 Å². The summed E-state index contributed by atoms with van der Waals surface area (Å²) in [6, 6.07) is 13.5. The molecule has 4 rings (SSSR count). The van der Waals surface area contributed by atoms with Crippen LogP contribution in [-0.2, 0) is 13.5 Å². The monoisotopic (exact) mass is 361 g/mol. The van der Waals surface area contributed by atoms with Crippen molar-refractivity contribution in [3.05, 3.63) is 69.6 Å². The molecule has 0 radical (unpaired) electrons. The summed E-state index contributed by atoms with van der Waals surface area (Å²) in [5.74, 6) is 0.302. The molecule has 3 aromatic rings. The first-order chi connectivity index (χ1) is 13.0. The van der Waals surface area contributed by atoms with Crippen molar-refractivity contribution in [1.29, 1.82) is 0 Å². The summed E-state index contributed by atoms with van der Waals surface area (Å²) in [6.45, 7) is 5.01. The van der Waals surface area contributed by atoms with E-state index in [0.29, 0.717) is 28.9 Å². The zero-order valence-electron chi connectivity index (χ0n) is 15.9. The van der Waals surface area contributed by atoms with Crippen molar-refractivity contribution in [1.82, 2.24) is 9.78 Å². The van der Waals surface area contributed by atoms with Crippen LogP contribution in [0.5, 0.6) is 0 Å². The average molecular weight is 361 g/mol. The summed E-state index contributed by atoms with van der Waals surface area (Å²) in [4.78, 5) is 27.6. The van der Waals surface area contributed by atoms with E-state index in [1.807, 2.05) is 23.1 Å². The molecular formula is C22H23N3O2. The summed E-state index contributed by atoms with van der Waals surface area (Å²) in [5.41, 5.74) is 3.58. The average Bonchev–Trinajstić information content (AvgIpc) is 2.69. The van der Waals surface area contributed by atoms with E-state index in [1.54, 1.807) is 19.2 Å². The van der Waals surface area contributed by atoms with Gasteiger partial charge in [-0.1, -0.05) is 44.2 Å². The van der Waals surface area contributed by atoms with Gasteiger partial charge in [0, 0.05) is 24.7 Å². The fourth-order valence-corrected chi connectivity index (χ4v) is 3.77. The number of hydrogen-bond acceptors (Lipinski definition) is 3. The van der Waals surface area contributed by atoms with Gasteiger partial charge < -0.3 is 4.90 Å². The van der Waals surface area contributed by atoms with E-state index < -0.39 is 0 Å². The van der Waals surface area contributed by atoms with Gasteiger partial charge in [-0.15, -0.1) is 0 Å². The summed E-state index contributed by atoms with van der Waals surface area (Å²) in [7, 11) is 1.59. The standard InChI is InChI=1S/C22H23N3O2/c1-14(2)15-10-11-19-16(13-15)7-6-12-25(19)22(27)20-17-8-4-5-9-18(17)21(26)24(3)23-20/h4-5,8-11,13-14H,6-7,12H2,1-3H3. The van der Waals surface area contributed by atoms with Crippen LogP contribution in [-0.4, -0.2) is 22.2 Å². The fraction of sp³-hybridized carbons (Fsp3) is 0.318. The topological polar surface area (TPSA) is 55.2 Å². The Hall–Kier alpha value is -2.95. The van der Waals surface area contributed by atoms with Gasteiger partial charge in [-0.25, -0.2) is 4.68 Å². The van der Waals surface area contributed by atoms with Crippen molar-refractivity contribution in [2.24, 2.45) is 7.05 Å². The van der Waals surface area contributed by atoms with E-state index >= 15 is 0 Å². The zero-order chi connectivity index (χ0) is 19.1. The van der Waals surface area contributed by atoms with Crippen molar-refractivity contribution in [3.63, 3.8) is 0 Å². The lowest BCUT2D eigenvalue weighted by Crippen LogP contribution is -2.37. The first kappa shape index (κ1) is 17.5. The van der Waals surface area contributed by atoms with Gasteiger partial charge >= 0.3 is 0 Å². The zero-order valence-corrected chi connectivity index (χ0v) is 15.9. The van der Waals surface area contributed by atoms with E-state index in [-0.39, 0.29) is 11.5 Å². The fourth-order valence-electron chi connectivity index (χ4n) is 3.77. The Morgan fingerprint density at radius 2 is 1.85 bits per heavy atom. The van der Waals surface area contributed by atoms with E-state index in [1.165, 1.54) is 15.8 Å². The smallest absolute Gasteiger partial charge is 0.279 e. The molecule has 0 saturated heterocycles. The lowest BCUT2D eigenvalue weighted by atomic mass is 9.94. The Balaban J connectivity index is 1.83. The molecule has 5 nitrogen and oxygen atoms in total. The molecular weight excluding hydrogens is 338 g/mol. The van der Waals surface area contributed by atoms with Crippen molar-refractivity contribution < 1.29 is 4.79 Å². The number of carbonyl (C=O) groups is 1. The Morgan fingerprint density at radius 1 is 1.11 bits per heavy atom. The largest absolute Gasteiger partial charge is 0.307 e. The lowest BCUT2D eigenvalue weighted by molar-refractivity contribution is 0.0980. The first-order valence-corrected chi connectivity index (χ1v) is 9.38. The predicted octanol–water partition coefficient (Wildman–Crippen LogP) is 3.65. The molecule has 2 heterocycles. The Kier molecular flexibility index (Phi) is 4.30. The van der Waals surface area contributed by atoms with Crippen molar-refractivity contribution in [2.75, 3.05) is 11.4 Å². The van der Waals surface area contributed by atoms with Crippen LogP contribution in [0.2, 0.25) is 0 Å². The molecule has 0 fully saturated rings. The van der Waals surface area contributed by atoms with Gasteiger partial charge in [0.05, 0.1) is 5.39 Å². The molecule has 0 spiro atoms. The van der Waals surface area contributed by atoms with Gasteiger partial charge in [-0.05, 0) is 42.0 Å². The first-order valence-electron chi connectivity index (χ1n) is 9.38. The van der Waals surface area contributed by atoms with Crippen LogP contribution in [0.1, 0.15) is 47.8 Å². The second-order valence-electron chi connectivity index (χ2n) is 7.43. The van der Waals surface area contributed by atoms with Crippen molar-refractivity contribution in [2.45, 2.75) is 32.6 Å². The van der Waals surface area contributed by atoms with Crippen molar-refractivity contribution in [3.8, 4) is 0 Å². The highest BCUT2D eigenvalue weighted by atomic mass is 16.2. The Bertz CT molecular complexity index is 1100. The Morgan fingerprint density at radius 3 is 2.59 bits per heavy atom. The van der Waals surface area contributed by atoms with Crippen LogP contribution >= 0.6 is 0 Å². The molecule has 2 aromatic carbocycles. The molecule has 5 heteroatoms. The third kappa shape index (κ3) is 2.93. The SMILES string of the molecule is CC(C)c1ccc2c(c1)CCCN2C(=O)c1nn(C)c(=O)c2ccccc12. The molecule has 0 atom stereocenters. The molecule has 0 unspecified atom stereocenters. The number of amides is 1. The maximum absolute atomic E-state index is 13.4. The summed E-state index contributed by atoms with van der Waals surface area (Å²) < 4.78 is 1.25. The molecule has 1 aliphatic heterocycles. The molecule has 138 valence electrons. The number of aromatic nitrogens is 2. The normalized spacial score (nSPS) is 13.9. The van der Waals surface area contributed by atoms with Crippen molar-refractivity contribution >= 4 is 22.4 Å². The second kappa shape index (κ2) is 6.65. The number of rotatable bonds is 2. The van der Waals surface area contributed by atoms with Gasteiger partial charge in [0.15, 0.2) is 5.69 Å². The highest BCUT2D eigenvalue weighted by molar-refractivity contribution is 6.12. The summed E-state index contributed by atoms with van der Waals surface area (Å²) in [6.07, 6.45) is 1.89. The number of nitrogens with zero attached hydrogens (tertiary/aromatic N) is 3. The third-order valence-electron chi connectivity index (χ3n) is 5.29. The molecule has 0 aliphatic carbocycles. The van der Waals surface area contributed by atoms with Gasteiger partial charge in [-0.2, -0.15) is 5.10 Å². The number of benzene rings is 2.